The molecule has 0 atom stereocenters. The molecule has 2 aromatic heterocycles. The van der Waals surface area contributed by atoms with Crippen LogP contribution in [0.5, 0.6) is 0 Å². The molecule has 8 heteroatoms. The second kappa shape index (κ2) is 7.39. The second-order valence-electron chi connectivity index (χ2n) is 5.69. The molecule has 3 rings (SSSR count). The van der Waals surface area contributed by atoms with Crippen LogP contribution in [0.1, 0.15) is 19.7 Å². The lowest BCUT2D eigenvalue weighted by Crippen LogP contribution is -2.25. The number of carbonyl (C=O) groups is 1. The van der Waals surface area contributed by atoms with E-state index < -0.39 is 0 Å². The normalized spacial score (nSPS) is 12.0. The average Bonchev–Trinajstić information content (AvgIpc) is 2.55. The first-order chi connectivity index (χ1) is 12.3. The largest absolute Gasteiger partial charge is 0.310 e. The van der Waals surface area contributed by atoms with Crippen LogP contribution in [0.25, 0.3) is 22.2 Å². The lowest BCUT2D eigenvalue weighted by molar-refractivity contribution is -0.116. The zero-order valence-electron chi connectivity index (χ0n) is 14.4. The number of nitrogens with zero attached hydrogens (tertiary/aromatic N) is 4. The first-order valence-electron chi connectivity index (χ1n) is 7.94. The first kappa shape index (κ1) is 18.9. The van der Waals surface area contributed by atoms with E-state index in [1.165, 1.54) is 6.92 Å². The van der Waals surface area contributed by atoms with Crippen molar-refractivity contribution in [3.63, 3.8) is 0 Å². The average molecular weight is 407 g/mol. The number of amides is 1. The summed E-state index contributed by atoms with van der Waals surface area (Å²) in [5, 5.41) is 2.20. The van der Waals surface area contributed by atoms with Gasteiger partial charge in [-0.25, -0.2) is 9.97 Å². The number of halogens is 2. The van der Waals surface area contributed by atoms with Gasteiger partial charge in [0.25, 0.3) is 0 Å². The molecule has 134 valence electrons. The van der Waals surface area contributed by atoms with Crippen molar-refractivity contribution < 1.29 is 4.79 Å². The number of rotatable bonds is 2. The summed E-state index contributed by atoms with van der Waals surface area (Å²) in [6.45, 7) is 5.69. The molecule has 3 aromatic rings. The molecule has 0 aliphatic carbocycles. The lowest BCUT2D eigenvalue weighted by Gasteiger charge is -2.16. The Labute approximate surface area is 166 Å². The van der Waals surface area contributed by atoms with E-state index >= 15 is 0 Å². The summed E-state index contributed by atoms with van der Waals surface area (Å²) in [6.07, 6.45) is 0. The summed E-state index contributed by atoms with van der Waals surface area (Å²) < 4.78 is 1.85. The molecule has 0 saturated carbocycles. The quantitative estimate of drug-likeness (QED) is 0.504. The summed E-state index contributed by atoms with van der Waals surface area (Å²) in [4.78, 5) is 24.9. The highest BCUT2D eigenvalue weighted by atomic mass is 35.5. The Morgan fingerprint density at radius 1 is 1.27 bits per heavy atom. The molecule has 2 heterocycles. The fraction of sp³-hybridized carbons (Fsp3) is 0.222. The summed E-state index contributed by atoms with van der Waals surface area (Å²) in [6, 6.07) is 7.08. The zero-order valence-corrected chi connectivity index (χ0v) is 16.8. The number of aromatic nitrogens is 3. The minimum atomic E-state index is -0.326. The Hall–Kier alpha value is -1.89. The highest BCUT2D eigenvalue weighted by Crippen LogP contribution is 2.34. The highest BCUT2D eigenvalue weighted by Gasteiger charge is 2.17. The number of hydrogen-bond donors (Lipinski definition) is 1. The smallest absolute Gasteiger partial charge is 0.244 e. The summed E-state index contributed by atoms with van der Waals surface area (Å²) in [7, 11) is 0. The van der Waals surface area contributed by atoms with E-state index in [-0.39, 0.29) is 5.91 Å². The van der Waals surface area contributed by atoms with Gasteiger partial charge in [-0.1, -0.05) is 29.3 Å². The van der Waals surface area contributed by atoms with Gasteiger partial charge in [-0.2, -0.15) is 4.99 Å². The predicted octanol–water partition coefficient (Wildman–Crippen LogP) is 4.47. The van der Waals surface area contributed by atoms with Crippen LogP contribution in [-0.2, 0) is 11.3 Å². The Morgan fingerprint density at radius 3 is 2.50 bits per heavy atom. The Balaban J connectivity index is 2.60. The Bertz CT molecular complexity index is 1090. The van der Waals surface area contributed by atoms with Gasteiger partial charge in [0.05, 0.1) is 15.4 Å². The van der Waals surface area contributed by atoms with Gasteiger partial charge in [-0.15, -0.1) is 12.6 Å². The van der Waals surface area contributed by atoms with E-state index in [0.29, 0.717) is 49.7 Å². The van der Waals surface area contributed by atoms with E-state index in [4.69, 9.17) is 23.2 Å². The summed E-state index contributed by atoms with van der Waals surface area (Å²) in [5.74, 6) is 0.259. The SMILES string of the molecule is CCn1c(=NC(C)=O)c(-c2c(Cl)cccc2Cl)cc2c(S)nc(C)nc21. The fourth-order valence-corrected chi connectivity index (χ4v) is 3.76. The maximum absolute atomic E-state index is 11.8. The third-order valence-corrected chi connectivity index (χ3v) is 4.84. The highest BCUT2D eigenvalue weighted by molar-refractivity contribution is 7.80. The fourth-order valence-electron chi connectivity index (χ4n) is 2.85. The number of thiol groups is 1. The van der Waals surface area contributed by atoms with Crippen molar-refractivity contribution in [1.29, 1.82) is 0 Å². The van der Waals surface area contributed by atoms with Crippen molar-refractivity contribution >= 4 is 52.8 Å². The molecule has 26 heavy (non-hydrogen) atoms. The van der Waals surface area contributed by atoms with E-state index in [1.54, 1.807) is 25.1 Å². The molecule has 0 aliphatic rings. The standard InChI is InChI=1S/C18H16Cl2N4OS/c1-4-24-16(23-10(3)25)11(15-13(19)6-5-7-14(15)20)8-12-17(24)21-9(2)22-18(12)26/h5-8H,4H2,1-3H3,(H,21,22,26). The minimum absolute atomic E-state index is 0.326. The van der Waals surface area contributed by atoms with E-state index in [2.05, 4.69) is 27.6 Å². The van der Waals surface area contributed by atoms with Crippen molar-refractivity contribution in [1.82, 2.24) is 14.5 Å². The third-order valence-electron chi connectivity index (χ3n) is 3.87. The van der Waals surface area contributed by atoms with Gasteiger partial charge in [-0.05, 0) is 32.0 Å². The van der Waals surface area contributed by atoms with Gasteiger partial charge < -0.3 is 4.57 Å². The summed E-state index contributed by atoms with van der Waals surface area (Å²) in [5.41, 5.74) is 2.34. The molecule has 0 aliphatic heterocycles. The molecule has 0 unspecified atom stereocenters. The number of hydrogen-bond acceptors (Lipinski definition) is 4. The zero-order chi connectivity index (χ0) is 19.0. The molecule has 0 spiro atoms. The monoisotopic (exact) mass is 406 g/mol. The number of carbonyl (C=O) groups excluding carboxylic acids is 1. The van der Waals surface area contributed by atoms with Crippen LogP contribution in [0, 0.1) is 6.92 Å². The molecule has 0 radical (unpaired) electrons. The van der Waals surface area contributed by atoms with E-state index in [0.717, 1.165) is 5.39 Å². The van der Waals surface area contributed by atoms with Crippen molar-refractivity contribution in [3.05, 3.63) is 45.6 Å². The van der Waals surface area contributed by atoms with Crippen LogP contribution in [0.3, 0.4) is 0 Å². The van der Waals surface area contributed by atoms with Gasteiger partial charge in [-0.3, -0.25) is 4.79 Å². The molecule has 0 N–H and O–H groups in total. The third kappa shape index (κ3) is 3.37. The maximum atomic E-state index is 11.8. The topological polar surface area (TPSA) is 60.1 Å². The predicted molar refractivity (Wildman–Crippen MR) is 107 cm³/mol. The molecule has 1 aromatic carbocycles. The maximum Gasteiger partial charge on any atom is 0.244 e. The van der Waals surface area contributed by atoms with Crippen LogP contribution in [0.4, 0.5) is 0 Å². The van der Waals surface area contributed by atoms with Crippen molar-refractivity contribution in [2.45, 2.75) is 32.3 Å². The van der Waals surface area contributed by atoms with Gasteiger partial charge in [0, 0.05) is 24.6 Å². The van der Waals surface area contributed by atoms with Gasteiger partial charge in [0.15, 0.2) is 0 Å². The lowest BCUT2D eigenvalue weighted by atomic mass is 10.1. The van der Waals surface area contributed by atoms with Crippen LogP contribution in [-0.4, -0.2) is 20.4 Å². The Morgan fingerprint density at radius 2 is 1.92 bits per heavy atom. The number of fused-ring (bicyclic) bond motifs is 1. The first-order valence-corrected chi connectivity index (χ1v) is 9.14. The van der Waals surface area contributed by atoms with Crippen LogP contribution >= 0.6 is 35.8 Å². The van der Waals surface area contributed by atoms with Gasteiger partial charge in [0.2, 0.25) is 5.91 Å². The number of benzene rings is 1. The molecule has 0 fully saturated rings. The van der Waals surface area contributed by atoms with Crippen LogP contribution in [0.2, 0.25) is 10.0 Å². The molecule has 0 bridgehead atoms. The molecule has 1 amide bonds. The second-order valence-corrected chi connectivity index (χ2v) is 6.92. The summed E-state index contributed by atoms with van der Waals surface area (Å²) >= 11 is 17.3. The number of aryl methyl sites for hydroxylation is 2. The van der Waals surface area contributed by atoms with Gasteiger partial charge in [0.1, 0.15) is 22.0 Å². The van der Waals surface area contributed by atoms with Crippen molar-refractivity contribution in [3.8, 4) is 11.1 Å². The van der Waals surface area contributed by atoms with Crippen LogP contribution < -0.4 is 5.49 Å². The van der Waals surface area contributed by atoms with Crippen molar-refractivity contribution in [2.24, 2.45) is 4.99 Å². The van der Waals surface area contributed by atoms with E-state index in [9.17, 15) is 4.79 Å². The molecular formula is C18H16Cl2N4OS. The minimum Gasteiger partial charge on any atom is -0.310 e. The Kier molecular flexibility index (Phi) is 5.37. The van der Waals surface area contributed by atoms with Crippen molar-refractivity contribution in [2.75, 3.05) is 0 Å². The number of pyridine rings is 1. The van der Waals surface area contributed by atoms with Crippen LogP contribution in [0.15, 0.2) is 34.3 Å². The van der Waals surface area contributed by atoms with E-state index in [1.807, 2.05) is 17.6 Å². The molecule has 0 saturated heterocycles. The molecular weight excluding hydrogens is 391 g/mol. The molecule has 5 nitrogen and oxygen atoms in total. The van der Waals surface area contributed by atoms with Gasteiger partial charge >= 0.3 is 0 Å².